The fraction of sp³-hybridized carbons (Fsp3) is 0.758. The zero-order valence-corrected chi connectivity index (χ0v) is 26.8. The number of hydrogen-bond acceptors (Lipinski definition) is 9. The average Bonchev–Trinajstić information content (AvgIpc) is 3.74. The molecule has 43 heavy (non-hydrogen) atoms. The number of aliphatic hydroxyl groups excluding tert-OH is 2. The maximum Gasteiger partial charge on any atom is 0.410 e. The van der Waals surface area contributed by atoms with Crippen LogP contribution < -0.4 is 5.32 Å². The second-order valence-corrected chi connectivity index (χ2v) is 12.9. The smallest absolute Gasteiger partial charge is 0.410 e. The van der Waals surface area contributed by atoms with E-state index in [0.29, 0.717) is 32.6 Å². The Bertz CT molecular complexity index is 1000. The number of allylic oxidation sites excluding steroid dienone is 3. The molecular weight excluding hydrogens is 552 g/mol. The second kappa shape index (κ2) is 16.2. The Hall–Kier alpha value is -2.24. The lowest BCUT2D eigenvalue weighted by Crippen LogP contribution is -2.50. The van der Waals surface area contributed by atoms with Crippen LogP contribution in [0.4, 0.5) is 4.79 Å². The molecule has 2 saturated heterocycles. The number of ether oxygens (including phenoxy) is 3. The molecule has 3 heterocycles. The highest BCUT2D eigenvalue weighted by molar-refractivity contribution is 5.70. The molecule has 4 N–H and O–H groups in total. The minimum absolute atomic E-state index is 0.0995. The Morgan fingerprint density at radius 1 is 1.28 bits per heavy atom. The molecule has 2 fully saturated rings. The van der Waals surface area contributed by atoms with Crippen molar-refractivity contribution < 1.29 is 39.1 Å². The molecule has 0 bridgehead atoms. The first-order valence-corrected chi connectivity index (χ1v) is 15.9. The topological polar surface area (TPSA) is 141 Å². The van der Waals surface area contributed by atoms with E-state index in [-0.39, 0.29) is 55.3 Å². The van der Waals surface area contributed by atoms with Crippen LogP contribution in [0.1, 0.15) is 73.6 Å². The van der Waals surface area contributed by atoms with E-state index >= 15 is 0 Å². The number of piperazine rings is 1. The van der Waals surface area contributed by atoms with Gasteiger partial charge in [0.05, 0.1) is 30.8 Å². The van der Waals surface area contributed by atoms with E-state index in [1.54, 1.807) is 17.9 Å². The van der Waals surface area contributed by atoms with Crippen molar-refractivity contribution in [2.24, 2.45) is 17.8 Å². The van der Waals surface area contributed by atoms with Gasteiger partial charge in [0, 0.05) is 38.0 Å². The predicted molar refractivity (Wildman–Crippen MR) is 164 cm³/mol. The molecule has 0 radical (unpaired) electrons. The van der Waals surface area contributed by atoms with Gasteiger partial charge in [-0.3, -0.25) is 4.79 Å². The van der Waals surface area contributed by atoms with Crippen LogP contribution in [0.3, 0.4) is 0 Å². The van der Waals surface area contributed by atoms with Gasteiger partial charge in [0.1, 0.15) is 11.7 Å². The summed E-state index contributed by atoms with van der Waals surface area (Å²) < 4.78 is 17.5. The van der Waals surface area contributed by atoms with Crippen molar-refractivity contribution in [2.75, 3.05) is 26.2 Å². The SMILES string of the molecule is CCC(O)C(C)C1OC1CC(C)/C=C/C=C(\C)C1OC(=O)CC(O)CCC(C)(O)C(OC(=O)N2CCNCC2)/C=C/C1C. The van der Waals surface area contributed by atoms with E-state index in [9.17, 15) is 24.9 Å². The molecule has 0 aromatic heterocycles. The first kappa shape index (κ1) is 35.2. The molecule has 3 aliphatic rings. The van der Waals surface area contributed by atoms with Gasteiger partial charge >= 0.3 is 12.1 Å². The molecule has 244 valence electrons. The molecule has 3 aliphatic heterocycles. The van der Waals surface area contributed by atoms with Crippen LogP contribution in [-0.4, -0.2) is 101 Å². The number of epoxide rings is 1. The Kier molecular flexibility index (Phi) is 13.3. The van der Waals surface area contributed by atoms with Gasteiger partial charge in [-0.1, -0.05) is 52.0 Å². The minimum Gasteiger partial charge on any atom is -0.457 e. The van der Waals surface area contributed by atoms with Crippen molar-refractivity contribution in [3.8, 4) is 0 Å². The van der Waals surface area contributed by atoms with Crippen molar-refractivity contribution in [3.63, 3.8) is 0 Å². The molecule has 0 aromatic carbocycles. The summed E-state index contributed by atoms with van der Waals surface area (Å²) in [6.07, 6.45) is 7.98. The summed E-state index contributed by atoms with van der Waals surface area (Å²) in [4.78, 5) is 27.3. The van der Waals surface area contributed by atoms with Crippen LogP contribution in [-0.2, 0) is 19.0 Å². The number of rotatable bonds is 9. The maximum atomic E-state index is 12.9. The number of carbonyl (C=O) groups excluding carboxylic acids is 2. The van der Waals surface area contributed by atoms with Crippen molar-refractivity contribution in [1.29, 1.82) is 0 Å². The van der Waals surface area contributed by atoms with Crippen LogP contribution in [0.5, 0.6) is 0 Å². The standard InChI is InChI=1S/C33H54N2O8/c1-7-26(37)24(5)31-27(41-31)19-21(2)9-8-10-22(3)30-23(4)11-12-28(42-32(39)35-17-15-34-16-18-35)33(6,40)14-13-25(36)20-29(38)43-30/h8-12,21,23-28,30-31,34,36-37,40H,7,13-20H2,1-6H3/b9-8+,12-11+,22-10+. The van der Waals surface area contributed by atoms with Crippen molar-refractivity contribution in [2.45, 2.75) is 116 Å². The number of nitrogens with one attached hydrogen (secondary N) is 1. The number of cyclic esters (lactones) is 1. The summed E-state index contributed by atoms with van der Waals surface area (Å²) in [7, 11) is 0. The number of amides is 1. The number of carbonyl (C=O) groups is 2. The lowest BCUT2D eigenvalue weighted by Gasteiger charge is -2.35. The molecule has 0 spiro atoms. The summed E-state index contributed by atoms with van der Waals surface area (Å²) in [6.45, 7) is 13.9. The molecule has 0 saturated carbocycles. The molecule has 10 nitrogen and oxygen atoms in total. The van der Waals surface area contributed by atoms with Crippen LogP contribution in [0.2, 0.25) is 0 Å². The average molecular weight is 607 g/mol. The first-order valence-electron chi connectivity index (χ1n) is 15.9. The highest BCUT2D eigenvalue weighted by Crippen LogP contribution is 2.36. The lowest BCUT2D eigenvalue weighted by atomic mass is 9.88. The normalized spacial score (nSPS) is 35.7. The first-order chi connectivity index (χ1) is 20.3. The van der Waals surface area contributed by atoms with E-state index in [2.05, 4.69) is 18.3 Å². The Morgan fingerprint density at radius 3 is 2.65 bits per heavy atom. The number of nitrogens with zero attached hydrogens (tertiary/aromatic N) is 1. The molecular formula is C33H54N2O8. The predicted octanol–water partition coefficient (Wildman–Crippen LogP) is 3.50. The summed E-state index contributed by atoms with van der Waals surface area (Å²) in [5, 5.41) is 35.1. The molecule has 0 aromatic rings. The van der Waals surface area contributed by atoms with Gasteiger partial charge in [-0.05, 0) is 57.1 Å². The Balaban J connectivity index is 1.71. The zero-order valence-electron chi connectivity index (χ0n) is 26.8. The fourth-order valence-corrected chi connectivity index (χ4v) is 5.82. The maximum absolute atomic E-state index is 12.9. The van der Waals surface area contributed by atoms with E-state index in [0.717, 1.165) is 12.0 Å². The highest BCUT2D eigenvalue weighted by Gasteiger charge is 2.45. The molecule has 1 amide bonds. The number of aliphatic hydroxyl groups is 3. The Labute approximate surface area is 257 Å². The van der Waals surface area contributed by atoms with E-state index in [1.165, 1.54) is 0 Å². The zero-order chi connectivity index (χ0) is 31.7. The second-order valence-electron chi connectivity index (χ2n) is 12.9. The van der Waals surface area contributed by atoms with E-state index < -0.39 is 36.0 Å². The van der Waals surface area contributed by atoms with Crippen LogP contribution in [0.25, 0.3) is 0 Å². The summed E-state index contributed by atoms with van der Waals surface area (Å²) >= 11 is 0. The number of esters is 1. The van der Waals surface area contributed by atoms with Gasteiger partial charge < -0.3 is 39.7 Å². The molecule has 10 unspecified atom stereocenters. The quantitative estimate of drug-likeness (QED) is 0.134. The fourth-order valence-electron chi connectivity index (χ4n) is 5.82. The van der Waals surface area contributed by atoms with Gasteiger partial charge in [-0.2, -0.15) is 0 Å². The lowest BCUT2D eigenvalue weighted by molar-refractivity contribution is -0.151. The summed E-state index contributed by atoms with van der Waals surface area (Å²) in [5.41, 5.74) is -0.623. The van der Waals surface area contributed by atoms with Gasteiger partial charge in [0.2, 0.25) is 0 Å². The van der Waals surface area contributed by atoms with Crippen molar-refractivity contribution in [3.05, 3.63) is 36.0 Å². The van der Waals surface area contributed by atoms with E-state index in [1.807, 2.05) is 45.9 Å². The van der Waals surface area contributed by atoms with Crippen LogP contribution in [0.15, 0.2) is 36.0 Å². The molecule has 0 aliphatic carbocycles. The third-order valence-corrected chi connectivity index (χ3v) is 8.94. The van der Waals surface area contributed by atoms with Crippen LogP contribution in [0, 0.1) is 17.8 Å². The summed E-state index contributed by atoms with van der Waals surface area (Å²) in [6, 6.07) is 0. The monoisotopic (exact) mass is 606 g/mol. The van der Waals surface area contributed by atoms with Gasteiger partial charge in [0.15, 0.2) is 6.10 Å². The van der Waals surface area contributed by atoms with Crippen molar-refractivity contribution >= 4 is 12.1 Å². The third kappa shape index (κ3) is 10.7. The minimum atomic E-state index is -1.44. The summed E-state index contributed by atoms with van der Waals surface area (Å²) in [5.74, 6) is -0.438. The highest BCUT2D eigenvalue weighted by atomic mass is 16.6. The Morgan fingerprint density at radius 2 is 1.98 bits per heavy atom. The van der Waals surface area contributed by atoms with Crippen molar-refractivity contribution in [1.82, 2.24) is 10.2 Å². The van der Waals surface area contributed by atoms with Gasteiger partial charge in [-0.25, -0.2) is 4.79 Å². The molecule has 10 heteroatoms. The van der Waals surface area contributed by atoms with Gasteiger partial charge in [0.25, 0.3) is 0 Å². The number of hydrogen-bond donors (Lipinski definition) is 4. The molecule has 3 rings (SSSR count). The third-order valence-electron chi connectivity index (χ3n) is 8.94. The van der Waals surface area contributed by atoms with E-state index in [4.69, 9.17) is 14.2 Å². The van der Waals surface area contributed by atoms with Crippen LogP contribution >= 0.6 is 0 Å². The largest absolute Gasteiger partial charge is 0.457 e. The van der Waals surface area contributed by atoms with Gasteiger partial charge in [-0.15, -0.1) is 0 Å². The molecule has 10 atom stereocenters.